The third kappa shape index (κ3) is 3.79. The SMILES string of the molecule is Cc1ccc(S(=O)(=O)N2CCN(CC(=O)N3CCCC3)CC2)cc1. The van der Waals surface area contributed by atoms with Crippen LogP contribution in [0.4, 0.5) is 0 Å². The van der Waals surface area contributed by atoms with Crippen LogP contribution in [-0.4, -0.2) is 74.2 Å². The van der Waals surface area contributed by atoms with Gasteiger partial charge in [-0.05, 0) is 31.9 Å². The highest BCUT2D eigenvalue weighted by Crippen LogP contribution is 2.18. The number of piperazine rings is 1. The smallest absolute Gasteiger partial charge is 0.243 e. The van der Waals surface area contributed by atoms with E-state index in [1.54, 1.807) is 12.1 Å². The van der Waals surface area contributed by atoms with Crippen molar-refractivity contribution in [3.05, 3.63) is 29.8 Å². The van der Waals surface area contributed by atoms with Crippen molar-refractivity contribution in [2.75, 3.05) is 45.8 Å². The third-order valence-electron chi connectivity index (χ3n) is 4.81. The van der Waals surface area contributed by atoms with E-state index in [2.05, 4.69) is 4.90 Å². The van der Waals surface area contributed by atoms with Gasteiger partial charge in [0.1, 0.15) is 0 Å². The average Bonchev–Trinajstić information content (AvgIpc) is 3.10. The third-order valence-corrected chi connectivity index (χ3v) is 6.72. The highest BCUT2D eigenvalue weighted by atomic mass is 32.2. The standard InChI is InChI=1S/C17H25N3O3S/c1-15-4-6-16(7-5-15)24(22,23)20-12-10-18(11-13-20)14-17(21)19-8-2-3-9-19/h4-7H,2-3,8-14H2,1H3. The Morgan fingerprint density at radius 2 is 1.54 bits per heavy atom. The molecule has 0 aromatic heterocycles. The van der Waals surface area contributed by atoms with Gasteiger partial charge in [0.25, 0.3) is 0 Å². The lowest BCUT2D eigenvalue weighted by molar-refractivity contribution is -0.131. The highest BCUT2D eigenvalue weighted by Gasteiger charge is 2.29. The summed E-state index contributed by atoms with van der Waals surface area (Å²) in [6, 6.07) is 6.96. The molecule has 1 aromatic rings. The predicted molar refractivity (Wildman–Crippen MR) is 92.2 cm³/mol. The summed E-state index contributed by atoms with van der Waals surface area (Å²) in [5.41, 5.74) is 1.04. The first-order valence-corrected chi connectivity index (χ1v) is 9.98. The van der Waals surface area contributed by atoms with Gasteiger partial charge in [-0.2, -0.15) is 4.31 Å². The number of amides is 1. The van der Waals surface area contributed by atoms with E-state index in [4.69, 9.17) is 0 Å². The number of carbonyl (C=O) groups is 1. The van der Waals surface area contributed by atoms with Crippen LogP contribution in [0.25, 0.3) is 0 Å². The molecule has 3 rings (SSSR count). The summed E-state index contributed by atoms with van der Waals surface area (Å²) in [5, 5.41) is 0. The van der Waals surface area contributed by atoms with E-state index in [0.717, 1.165) is 31.5 Å². The number of benzene rings is 1. The minimum Gasteiger partial charge on any atom is -0.342 e. The largest absolute Gasteiger partial charge is 0.342 e. The van der Waals surface area contributed by atoms with Gasteiger partial charge >= 0.3 is 0 Å². The number of nitrogens with zero attached hydrogens (tertiary/aromatic N) is 3. The lowest BCUT2D eigenvalue weighted by Crippen LogP contribution is -2.51. The monoisotopic (exact) mass is 351 g/mol. The van der Waals surface area contributed by atoms with E-state index in [-0.39, 0.29) is 5.91 Å². The maximum Gasteiger partial charge on any atom is 0.243 e. The summed E-state index contributed by atoms with van der Waals surface area (Å²) in [7, 11) is -3.44. The second-order valence-corrected chi connectivity index (χ2v) is 8.52. The van der Waals surface area contributed by atoms with Crippen molar-refractivity contribution in [1.29, 1.82) is 0 Å². The Hall–Kier alpha value is -1.44. The van der Waals surface area contributed by atoms with Crippen molar-refractivity contribution in [2.24, 2.45) is 0 Å². The second-order valence-electron chi connectivity index (χ2n) is 6.58. The Kier molecular flexibility index (Phi) is 5.22. The van der Waals surface area contributed by atoms with Crippen LogP contribution in [-0.2, 0) is 14.8 Å². The number of aryl methyl sites for hydroxylation is 1. The molecule has 0 aliphatic carbocycles. The average molecular weight is 351 g/mol. The van der Waals surface area contributed by atoms with E-state index < -0.39 is 10.0 Å². The molecule has 2 saturated heterocycles. The van der Waals surface area contributed by atoms with Gasteiger partial charge in [-0.3, -0.25) is 9.69 Å². The molecule has 2 aliphatic rings. The molecule has 132 valence electrons. The predicted octanol–water partition coefficient (Wildman–Crippen LogP) is 0.924. The maximum atomic E-state index is 12.7. The topological polar surface area (TPSA) is 60.9 Å². The molecule has 24 heavy (non-hydrogen) atoms. The fourth-order valence-corrected chi connectivity index (χ4v) is 4.67. The molecule has 0 saturated carbocycles. The first-order valence-electron chi connectivity index (χ1n) is 8.54. The van der Waals surface area contributed by atoms with Crippen LogP contribution < -0.4 is 0 Å². The normalized spacial score (nSPS) is 20.5. The van der Waals surface area contributed by atoms with Crippen LogP contribution in [0.5, 0.6) is 0 Å². The Morgan fingerprint density at radius 3 is 2.12 bits per heavy atom. The number of rotatable bonds is 4. The molecule has 6 nitrogen and oxygen atoms in total. The zero-order valence-electron chi connectivity index (χ0n) is 14.1. The molecule has 0 unspecified atom stereocenters. The van der Waals surface area contributed by atoms with Gasteiger partial charge in [0, 0.05) is 39.3 Å². The van der Waals surface area contributed by atoms with Crippen molar-refractivity contribution in [3.63, 3.8) is 0 Å². The van der Waals surface area contributed by atoms with Crippen molar-refractivity contribution in [3.8, 4) is 0 Å². The fourth-order valence-electron chi connectivity index (χ4n) is 3.25. The van der Waals surface area contributed by atoms with Crippen LogP contribution in [0, 0.1) is 6.92 Å². The molecule has 0 radical (unpaired) electrons. The van der Waals surface area contributed by atoms with Crippen LogP contribution in [0.15, 0.2) is 29.2 Å². The van der Waals surface area contributed by atoms with E-state index in [0.29, 0.717) is 37.6 Å². The minimum absolute atomic E-state index is 0.169. The van der Waals surface area contributed by atoms with Gasteiger partial charge in [0.05, 0.1) is 11.4 Å². The van der Waals surface area contributed by atoms with Crippen LogP contribution in [0.3, 0.4) is 0 Å². The van der Waals surface area contributed by atoms with Crippen molar-refractivity contribution >= 4 is 15.9 Å². The summed E-state index contributed by atoms with van der Waals surface area (Å²) in [6.45, 7) is 6.13. The molecule has 0 spiro atoms. The Bertz CT molecular complexity index is 674. The van der Waals surface area contributed by atoms with Crippen LogP contribution in [0.2, 0.25) is 0 Å². The summed E-state index contributed by atoms with van der Waals surface area (Å²) in [5.74, 6) is 0.169. The molecule has 0 N–H and O–H groups in total. The van der Waals surface area contributed by atoms with Gasteiger partial charge < -0.3 is 4.90 Å². The summed E-state index contributed by atoms with van der Waals surface area (Å²) >= 11 is 0. The van der Waals surface area contributed by atoms with E-state index in [1.807, 2.05) is 24.0 Å². The summed E-state index contributed by atoms with van der Waals surface area (Å²) in [4.78, 5) is 16.5. The van der Waals surface area contributed by atoms with Crippen molar-refractivity contribution < 1.29 is 13.2 Å². The molecule has 1 amide bonds. The molecular formula is C17H25N3O3S. The number of sulfonamides is 1. The van der Waals surface area contributed by atoms with Crippen molar-refractivity contribution in [1.82, 2.24) is 14.1 Å². The van der Waals surface area contributed by atoms with E-state index in [9.17, 15) is 13.2 Å². The molecule has 0 bridgehead atoms. The molecule has 2 heterocycles. The Labute approximate surface area is 144 Å². The zero-order chi connectivity index (χ0) is 17.2. The van der Waals surface area contributed by atoms with Gasteiger partial charge in [-0.1, -0.05) is 17.7 Å². The summed E-state index contributed by atoms with van der Waals surface area (Å²) in [6.07, 6.45) is 2.18. The van der Waals surface area contributed by atoms with Crippen molar-refractivity contribution in [2.45, 2.75) is 24.7 Å². The maximum absolute atomic E-state index is 12.7. The van der Waals surface area contributed by atoms with Gasteiger partial charge in [-0.15, -0.1) is 0 Å². The molecule has 1 aromatic carbocycles. The molecule has 0 atom stereocenters. The Balaban J connectivity index is 1.56. The summed E-state index contributed by atoms with van der Waals surface area (Å²) < 4.78 is 26.9. The number of hydrogen-bond acceptors (Lipinski definition) is 4. The second kappa shape index (κ2) is 7.21. The Morgan fingerprint density at radius 1 is 0.958 bits per heavy atom. The number of likely N-dealkylation sites (tertiary alicyclic amines) is 1. The molecule has 7 heteroatoms. The number of carbonyl (C=O) groups excluding carboxylic acids is 1. The van der Waals surface area contributed by atoms with Gasteiger partial charge in [-0.25, -0.2) is 8.42 Å². The number of hydrogen-bond donors (Lipinski definition) is 0. The molecule has 2 fully saturated rings. The lowest BCUT2D eigenvalue weighted by Gasteiger charge is -2.34. The van der Waals surface area contributed by atoms with Gasteiger partial charge in [0.15, 0.2) is 0 Å². The van der Waals surface area contributed by atoms with E-state index in [1.165, 1.54) is 4.31 Å². The zero-order valence-corrected chi connectivity index (χ0v) is 15.0. The lowest BCUT2D eigenvalue weighted by atomic mass is 10.2. The molecule has 2 aliphatic heterocycles. The van der Waals surface area contributed by atoms with Crippen LogP contribution >= 0.6 is 0 Å². The molecular weight excluding hydrogens is 326 g/mol. The first kappa shape index (κ1) is 17.4. The quantitative estimate of drug-likeness (QED) is 0.809. The first-order chi connectivity index (χ1) is 11.5. The van der Waals surface area contributed by atoms with Crippen LogP contribution in [0.1, 0.15) is 18.4 Å². The minimum atomic E-state index is -3.44. The van der Waals surface area contributed by atoms with Gasteiger partial charge in [0.2, 0.25) is 15.9 Å². The highest BCUT2D eigenvalue weighted by molar-refractivity contribution is 7.89. The van der Waals surface area contributed by atoms with E-state index >= 15 is 0 Å². The fraction of sp³-hybridized carbons (Fsp3) is 0.588.